The summed E-state index contributed by atoms with van der Waals surface area (Å²) in [5, 5.41) is 4.54. The van der Waals surface area contributed by atoms with Crippen molar-refractivity contribution in [2.45, 2.75) is 12.7 Å². The minimum atomic E-state index is -4.54. The Balaban J connectivity index is 1.63. The molecule has 1 aromatic heterocycles. The van der Waals surface area contributed by atoms with E-state index in [1.54, 1.807) is 24.3 Å². The van der Waals surface area contributed by atoms with Gasteiger partial charge in [-0.1, -0.05) is 23.7 Å². The second kappa shape index (κ2) is 8.61. The summed E-state index contributed by atoms with van der Waals surface area (Å²) in [6.07, 6.45) is -1.40. The Kier molecular flexibility index (Phi) is 6.02. The summed E-state index contributed by atoms with van der Waals surface area (Å²) in [4.78, 5) is 25.7. The van der Waals surface area contributed by atoms with Crippen LogP contribution in [0.3, 0.4) is 0 Å². The van der Waals surface area contributed by atoms with Crippen LogP contribution in [-0.4, -0.2) is 38.9 Å². The zero-order valence-electron chi connectivity index (χ0n) is 16.4. The molecule has 2 N–H and O–H groups in total. The van der Waals surface area contributed by atoms with Crippen molar-refractivity contribution in [3.63, 3.8) is 0 Å². The van der Waals surface area contributed by atoms with Gasteiger partial charge in [0, 0.05) is 23.5 Å². The standard InChI is InChI=1S/C21H16ClF3N4O2S/c22-15-3-2-13(16(9-15)21(23,24)25)11-29-17-4-1-12(7-14(17)10-27-29)8-18-19(30)28(6-5-26)20(31)32-18/h1-4,7-10H,5-6,11,26H2/b18-8-. The largest absolute Gasteiger partial charge is 0.416 e. The lowest BCUT2D eigenvalue weighted by Gasteiger charge is -2.14. The van der Waals surface area contributed by atoms with Gasteiger partial charge in [0.2, 0.25) is 0 Å². The quantitative estimate of drug-likeness (QED) is 0.533. The summed E-state index contributed by atoms with van der Waals surface area (Å²) in [6, 6.07) is 8.82. The molecule has 1 aliphatic heterocycles. The molecule has 32 heavy (non-hydrogen) atoms. The molecule has 2 amide bonds. The number of benzene rings is 2. The number of amides is 2. The molecule has 0 aliphatic carbocycles. The number of aromatic nitrogens is 2. The first kappa shape index (κ1) is 22.4. The van der Waals surface area contributed by atoms with Crippen molar-refractivity contribution in [2.75, 3.05) is 13.1 Å². The van der Waals surface area contributed by atoms with Crippen LogP contribution in [0.5, 0.6) is 0 Å². The average Bonchev–Trinajstić information content (AvgIpc) is 3.24. The van der Waals surface area contributed by atoms with Crippen molar-refractivity contribution in [1.82, 2.24) is 14.7 Å². The van der Waals surface area contributed by atoms with E-state index in [-0.39, 0.29) is 40.4 Å². The molecule has 2 heterocycles. The zero-order chi connectivity index (χ0) is 23.0. The Morgan fingerprint density at radius 2 is 1.94 bits per heavy atom. The maximum atomic E-state index is 13.4. The highest BCUT2D eigenvalue weighted by atomic mass is 35.5. The summed E-state index contributed by atoms with van der Waals surface area (Å²) in [6.45, 7) is 0.241. The van der Waals surface area contributed by atoms with Crippen LogP contribution in [-0.2, 0) is 17.5 Å². The Bertz CT molecular complexity index is 1260. The van der Waals surface area contributed by atoms with E-state index in [1.807, 2.05) is 0 Å². The van der Waals surface area contributed by atoms with E-state index in [4.69, 9.17) is 17.3 Å². The molecule has 1 aliphatic rings. The van der Waals surface area contributed by atoms with Crippen LogP contribution in [0.25, 0.3) is 17.0 Å². The first-order valence-corrected chi connectivity index (χ1v) is 10.6. The van der Waals surface area contributed by atoms with Crippen LogP contribution in [0, 0.1) is 0 Å². The number of thioether (sulfide) groups is 1. The van der Waals surface area contributed by atoms with Gasteiger partial charge in [-0.2, -0.15) is 18.3 Å². The lowest BCUT2D eigenvalue weighted by molar-refractivity contribution is -0.138. The number of imide groups is 1. The zero-order valence-corrected chi connectivity index (χ0v) is 18.0. The molecule has 0 spiro atoms. The van der Waals surface area contributed by atoms with Gasteiger partial charge < -0.3 is 5.73 Å². The van der Waals surface area contributed by atoms with Gasteiger partial charge in [0.25, 0.3) is 11.1 Å². The molecule has 166 valence electrons. The Hall–Kier alpha value is -2.82. The highest BCUT2D eigenvalue weighted by Gasteiger charge is 2.35. The van der Waals surface area contributed by atoms with Crippen LogP contribution in [0.1, 0.15) is 16.7 Å². The van der Waals surface area contributed by atoms with Crippen LogP contribution in [0.15, 0.2) is 47.5 Å². The lowest BCUT2D eigenvalue weighted by Crippen LogP contribution is -2.33. The molecule has 0 saturated carbocycles. The van der Waals surface area contributed by atoms with E-state index in [9.17, 15) is 22.8 Å². The van der Waals surface area contributed by atoms with Crippen LogP contribution < -0.4 is 5.73 Å². The fourth-order valence-electron chi connectivity index (χ4n) is 3.41. The van der Waals surface area contributed by atoms with E-state index in [0.29, 0.717) is 16.5 Å². The van der Waals surface area contributed by atoms with E-state index in [1.165, 1.54) is 23.0 Å². The first-order valence-electron chi connectivity index (χ1n) is 9.44. The Labute approximate surface area is 189 Å². The molecule has 0 radical (unpaired) electrons. The minimum Gasteiger partial charge on any atom is -0.329 e. The van der Waals surface area contributed by atoms with E-state index in [2.05, 4.69) is 5.10 Å². The van der Waals surface area contributed by atoms with Gasteiger partial charge in [-0.25, -0.2) is 0 Å². The third kappa shape index (κ3) is 4.38. The smallest absolute Gasteiger partial charge is 0.329 e. The van der Waals surface area contributed by atoms with Crippen molar-refractivity contribution < 1.29 is 22.8 Å². The van der Waals surface area contributed by atoms with E-state index >= 15 is 0 Å². The highest BCUT2D eigenvalue weighted by Crippen LogP contribution is 2.35. The molecule has 1 saturated heterocycles. The van der Waals surface area contributed by atoms with Crippen LogP contribution in [0.4, 0.5) is 18.0 Å². The summed E-state index contributed by atoms with van der Waals surface area (Å²) < 4.78 is 41.6. The van der Waals surface area contributed by atoms with Crippen molar-refractivity contribution >= 4 is 51.5 Å². The minimum absolute atomic E-state index is 0.00640. The fraction of sp³-hybridized carbons (Fsp3) is 0.190. The number of hydrogen-bond donors (Lipinski definition) is 1. The third-order valence-corrected chi connectivity index (χ3v) is 6.03. The Morgan fingerprint density at radius 3 is 2.66 bits per heavy atom. The van der Waals surface area contributed by atoms with Gasteiger partial charge >= 0.3 is 6.18 Å². The number of nitrogens with two attached hydrogens (primary N) is 1. The molecule has 0 unspecified atom stereocenters. The first-order chi connectivity index (χ1) is 15.2. The topological polar surface area (TPSA) is 81.2 Å². The number of carbonyl (C=O) groups is 2. The van der Waals surface area contributed by atoms with Crippen molar-refractivity contribution in [3.8, 4) is 0 Å². The summed E-state index contributed by atoms with van der Waals surface area (Å²) in [7, 11) is 0. The number of fused-ring (bicyclic) bond motifs is 1. The molecule has 4 rings (SSSR count). The van der Waals surface area contributed by atoms with Crippen LogP contribution in [0.2, 0.25) is 5.02 Å². The molecule has 1 fully saturated rings. The van der Waals surface area contributed by atoms with Gasteiger partial charge in [-0.3, -0.25) is 19.2 Å². The number of nitrogens with zero attached hydrogens (tertiary/aromatic N) is 3. The van der Waals surface area contributed by atoms with E-state index in [0.717, 1.165) is 22.7 Å². The summed E-state index contributed by atoms with van der Waals surface area (Å²) in [5.41, 5.74) is 5.97. The number of halogens is 4. The third-order valence-electron chi connectivity index (χ3n) is 4.89. The highest BCUT2D eigenvalue weighted by molar-refractivity contribution is 8.18. The van der Waals surface area contributed by atoms with Gasteiger partial charge in [0.1, 0.15) is 0 Å². The number of carbonyl (C=O) groups excluding carboxylic acids is 2. The van der Waals surface area contributed by atoms with Crippen LogP contribution >= 0.6 is 23.4 Å². The monoisotopic (exact) mass is 480 g/mol. The lowest BCUT2D eigenvalue weighted by atomic mass is 10.1. The summed E-state index contributed by atoms with van der Waals surface area (Å²) >= 11 is 6.59. The fourth-order valence-corrected chi connectivity index (χ4v) is 4.44. The van der Waals surface area contributed by atoms with Gasteiger partial charge in [-0.15, -0.1) is 0 Å². The van der Waals surface area contributed by atoms with Crippen molar-refractivity contribution in [2.24, 2.45) is 5.73 Å². The molecular formula is C21H16ClF3N4O2S. The number of alkyl halides is 3. The van der Waals surface area contributed by atoms with Crippen molar-refractivity contribution in [3.05, 3.63) is 69.2 Å². The van der Waals surface area contributed by atoms with E-state index < -0.39 is 17.6 Å². The van der Waals surface area contributed by atoms with Gasteiger partial charge in [0.05, 0.1) is 28.7 Å². The second-order valence-corrected chi connectivity index (χ2v) is 8.47. The maximum absolute atomic E-state index is 13.4. The number of rotatable bonds is 5. The molecule has 6 nitrogen and oxygen atoms in total. The van der Waals surface area contributed by atoms with Crippen molar-refractivity contribution in [1.29, 1.82) is 0 Å². The molecule has 0 atom stereocenters. The molecule has 0 bridgehead atoms. The van der Waals surface area contributed by atoms with Gasteiger partial charge in [-0.05, 0) is 53.2 Å². The molecular weight excluding hydrogens is 465 g/mol. The predicted octanol–water partition coefficient (Wildman–Crippen LogP) is 4.75. The predicted molar refractivity (Wildman–Crippen MR) is 117 cm³/mol. The van der Waals surface area contributed by atoms with Gasteiger partial charge in [0.15, 0.2) is 0 Å². The molecule has 11 heteroatoms. The molecule has 3 aromatic rings. The maximum Gasteiger partial charge on any atom is 0.416 e. The Morgan fingerprint density at radius 1 is 1.16 bits per heavy atom. The average molecular weight is 481 g/mol. The normalized spacial score (nSPS) is 16.0. The SMILES string of the molecule is NCCN1C(=O)S/C(=C\c2ccc3c(cnn3Cc3ccc(Cl)cc3C(F)(F)F)c2)C1=O. The summed E-state index contributed by atoms with van der Waals surface area (Å²) in [5.74, 6) is -0.399. The number of hydrogen-bond acceptors (Lipinski definition) is 5. The molecule has 2 aromatic carbocycles. The second-order valence-electron chi connectivity index (χ2n) is 7.04.